The molecular weight excluding hydrogens is 291 g/mol. The Labute approximate surface area is 121 Å². The lowest BCUT2D eigenvalue weighted by atomic mass is 9.84. The van der Waals surface area contributed by atoms with Gasteiger partial charge in [0.15, 0.2) is 0 Å². The summed E-state index contributed by atoms with van der Waals surface area (Å²) in [6.45, 7) is 3.88. The van der Waals surface area contributed by atoms with E-state index >= 15 is 0 Å². The molecule has 2 bridgehead atoms. The van der Waals surface area contributed by atoms with Crippen LogP contribution < -0.4 is 0 Å². The Bertz CT molecular complexity index is 453. The van der Waals surface area contributed by atoms with E-state index < -0.39 is 5.97 Å². The summed E-state index contributed by atoms with van der Waals surface area (Å²) >= 11 is 11.7. The summed E-state index contributed by atoms with van der Waals surface area (Å²) in [7, 11) is 0. The fraction of sp³-hybridized carbons (Fsp3) is 0.667. The fourth-order valence-electron chi connectivity index (χ4n) is 2.51. The zero-order chi connectivity index (χ0) is 13.5. The van der Waals surface area contributed by atoms with Crippen molar-refractivity contribution in [1.29, 1.82) is 0 Å². The first-order chi connectivity index (χ1) is 9.07. The van der Waals surface area contributed by atoms with Gasteiger partial charge in [-0.2, -0.15) is 0 Å². The van der Waals surface area contributed by atoms with Crippen LogP contribution in [0.2, 0.25) is 10.4 Å². The highest BCUT2D eigenvalue weighted by Crippen LogP contribution is 2.45. The predicted molar refractivity (Wildman–Crippen MR) is 68.9 cm³/mol. The van der Waals surface area contributed by atoms with Gasteiger partial charge in [-0.15, -0.1) is 0 Å². The van der Waals surface area contributed by atoms with Gasteiger partial charge in [0.05, 0.1) is 19.8 Å². The molecule has 3 aliphatic rings. The molecule has 0 saturated carbocycles. The molecule has 3 fully saturated rings. The van der Waals surface area contributed by atoms with Crippen LogP contribution in [0.25, 0.3) is 0 Å². The second kappa shape index (κ2) is 4.82. The van der Waals surface area contributed by atoms with Gasteiger partial charge in [-0.25, -0.2) is 9.97 Å². The normalized spacial score (nSPS) is 33.6. The van der Waals surface area contributed by atoms with E-state index in [0.29, 0.717) is 25.5 Å². The number of fused-ring (bicyclic) bond motifs is 3. The van der Waals surface area contributed by atoms with Gasteiger partial charge < -0.3 is 14.2 Å². The minimum Gasteiger partial charge on any atom is -0.322 e. The highest BCUT2D eigenvalue weighted by molar-refractivity contribution is 6.31. The van der Waals surface area contributed by atoms with Gasteiger partial charge >= 0.3 is 5.97 Å². The average molecular weight is 305 g/mol. The molecule has 7 heteroatoms. The summed E-state index contributed by atoms with van der Waals surface area (Å²) in [4.78, 5) is 7.89. The van der Waals surface area contributed by atoms with Gasteiger partial charge in [0, 0.05) is 11.5 Å². The lowest BCUT2D eigenvalue weighted by Gasteiger charge is -2.51. The molecular formula is C12H14Cl2N2O3. The molecule has 0 unspecified atom stereocenters. The molecule has 1 aromatic heterocycles. The lowest BCUT2D eigenvalue weighted by Crippen LogP contribution is -2.58. The molecule has 0 aromatic carbocycles. The van der Waals surface area contributed by atoms with Crippen LogP contribution in [0.4, 0.5) is 0 Å². The van der Waals surface area contributed by atoms with Crippen molar-refractivity contribution < 1.29 is 14.2 Å². The third-order valence-electron chi connectivity index (χ3n) is 3.47. The van der Waals surface area contributed by atoms with E-state index in [2.05, 4.69) is 16.9 Å². The average Bonchev–Trinajstić information content (AvgIpc) is 2.40. The summed E-state index contributed by atoms with van der Waals surface area (Å²) < 4.78 is 17.3. The van der Waals surface area contributed by atoms with Gasteiger partial charge in [0.1, 0.15) is 10.8 Å². The van der Waals surface area contributed by atoms with Crippen molar-refractivity contribution >= 4 is 23.2 Å². The molecule has 0 spiro atoms. The summed E-state index contributed by atoms with van der Waals surface area (Å²) in [6, 6.07) is 1.55. The lowest BCUT2D eigenvalue weighted by molar-refractivity contribution is -0.481. The molecule has 104 valence electrons. The summed E-state index contributed by atoms with van der Waals surface area (Å²) in [5.74, 6) is -1.29. The van der Waals surface area contributed by atoms with E-state index in [9.17, 15) is 0 Å². The first-order valence-corrected chi connectivity index (χ1v) is 6.96. The highest BCUT2D eigenvalue weighted by atomic mass is 35.5. The second-order valence-corrected chi connectivity index (χ2v) is 5.74. The van der Waals surface area contributed by atoms with Gasteiger partial charge in [-0.3, -0.25) is 0 Å². The molecule has 0 radical (unpaired) electrons. The van der Waals surface area contributed by atoms with Crippen LogP contribution >= 0.6 is 23.2 Å². The van der Waals surface area contributed by atoms with Crippen molar-refractivity contribution in [2.45, 2.75) is 25.7 Å². The van der Waals surface area contributed by atoms with Gasteiger partial charge in [-0.05, 0) is 18.0 Å². The Morgan fingerprint density at radius 1 is 1.16 bits per heavy atom. The number of rotatable bonds is 3. The van der Waals surface area contributed by atoms with Gasteiger partial charge in [0.2, 0.25) is 5.28 Å². The number of hydrogen-bond donors (Lipinski definition) is 0. The SMILES string of the molecule is CCCC12COC(c3cc(Cl)nc(Cl)n3)(OC1)OC2. The summed E-state index contributed by atoms with van der Waals surface area (Å²) in [5.41, 5.74) is 0.360. The van der Waals surface area contributed by atoms with Crippen LogP contribution in [0.15, 0.2) is 6.07 Å². The molecule has 0 aliphatic carbocycles. The number of aromatic nitrogens is 2. The van der Waals surface area contributed by atoms with Gasteiger partial charge in [0.25, 0.3) is 0 Å². The van der Waals surface area contributed by atoms with E-state index in [1.165, 1.54) is 0 Å². The van der Waals surface area contributed by atoms with Crippen LogP contribution in [-0.2, 0) is 20.2 Å². The van der Waals surface area contributed by atoms with Crippen molar-refractivity contribution in [1.82, 2.24) is 9.97 Å². The van der Waals surface area contributed by atoms with Crippen molar-refractivity contribution in [3.05, 3.63) is 22.2 Å². The van der Waals surface area contributed by atoms with E-state index in [1.807, 2.05) is 0 Å². The Balaban J connectivity index is 1.87. The molecule has 19 heavy (non-hydrogen) atoms. The largest absolute Gasteiger partial charge is 0.330 e. The topological polar surface area (TPSA) is 53.5 Å². The zero-order valence-electron chi connectivity index (χ0n) is 10.5. The second-order valence-electron chi connectivity index (χ2n) is 5.02. The highest BCUT2D eigenvalue weighted by Gasteiger charge is 2.54. The smallest absolute Gasteiger partial charge is 0.322 e. The molecule has 3 aliphatic heterocycles. The number of halogens is 2. The third kappa shape index (κ3) is 2.34. The Morgan fingerprint density at radius 3 is 2.32 bits per heavy atom. The van der Waals surface area contributed by atoms with Crippen LogP contribution in [0, 0.1) is 5.41 Å². The molecule has 5 nitrogen and oxygen atoms in total. The first kappa shape index (κ1) is 13.5. The van der Waals surface area contributed by atoms with Crippen LogP contribution in [0.5, 0.6) is 0 Å². The third-order valence-corrected chi connectivity index (χ3v) is 3.83. The quantitative estimate of drug-likeness (QED) is 0.635. The Hall–Kier alpha value is -0.460. The maximum Gasteiger partial charge on any atom is 0.330 e. The molecule has 0 amide bonds. The van der Waals surface area contributed by atoms with Crippen LogP contribution in [0.3, 0.4) is 0 Å². The molecule has 1 aromatic rings. The van der Waals surface area contributed by atoms with Crippen molar-refractivity contribution in [2.24, 2.45) is 5.41 Å². The Morgan fingerprint density at radius 2 is 1.79 bits per heavy atom. The number of hydrogen-bond acceptors (Lipinski definition) is 5. The summed E-state index contributed by atoms with van der Waals surface area (Å²) in [6.07, 6.45) is 2.07. The van der Waals surface area contributed by atoms with Crippen molar-refractivity contribution in [3.63, 3.8) is 0 Å². The van der Waals surface area contributed by atoms with Crippen LogP contribution in [0.1, 0.15) is 25.5 Å². The van der Waals surface area contributed by atoms with Crippen molar-refractivity contribution in [3.8, 4) is 0 Å². The first-order valence-electron chi connectivity index (χ1n) is 6.20. The van der Waals surface area contributed by atoms with E-state index in [4.69, 9.17) is 37.4 Å². The van der Waals surface area contributed by atoms with Gasteiger partial charge in [-0.1, -0.05) is 24.9 Å². The number of nitrogens with zero attached hydrogens (tertiary/aromatic N) is 2. The molecule has 4 heterocycles. The zero-order valence-corrected chi connectivity index (χ0v) is 12.0. The van der Waals surface area contributed by atoms with E-state index in [-0.39, 0.29) is 15.9 Å². The maximum atomic E-state index is 5.88. The van der Waals surface area contributed by atoms with Crippen molar-refractivity contribution in [2.75, 3.05) is 19.8 Å². The standard InChI is InChI=1S/C12H14Cl2N2O3/c1-2-3-11-5-17-12(18-6-11,19-7-11)8-4-9(13)16-10(14)15-8/h4H,2-3,5-7H2,1H3. The fourth-order valence-corrected chi connectivity index (χ4v) is 2.92. The Kier molecular flexibility index (Phi) is 3.43. The van der Waals surface area contributed by atoms with Crippen LogP contribution in [-0.4, -0.2) is 29.8 Å². The predicted octanol–water partition coefficient (Wildman–Crippen LogP) is 2.76. The van der Waals surface area contributed by atoms with E-state index in [0.717, 1.165) is 12.8 Å². The monoisotopic (exact) mass is 304 g/mol. The molecule has 3 saturated heterocycles. The minimum absolute atomic E-state index is 0.0445. The molecule has 0 N–H and O–H groups in total. The van der Waals surface area contributed by atoms with E-state index in [1.54, 1.807) is 6.07 Å². The molecule has 4 rings (SSSR count). The summed E-state index contributed by atoms with van der Waals surface area (Å²) in [5, 5.41) is 0.278. The molecule has 0 atom stereocenters. The maximum absolute atomic E-state index is 5.88. The minimum atomic E-state index is -1.29. The number of ether oxygens (including phenoxy) is 3.